The van der Waals surface area contributed by atoms with E-state index in [-0.39, 0.29) is 5.82 Å². The molecule has 0 N–H and O–H groups in total. The summed E-state index contributed by atoms with van der Waals surface area (Å²) in [6.07, 6.45) is 2.61. The molecule has 1 heterocycles. The monoisotopic (exact) mass is 295 g/mol. The zero-order valence-electron chi connectivity index (χ0n) is 12.8. The molecule has 0 unspecified atom stereocenters. The van der Waals surface area contributed by atoms with Crippen LogP contribution in [-0.2, 0) is 6.42 Å². The van der Waals surface area contributed by atoms with Gasteiger partial charge < -0.3 is 4.74 Å². The Morgan fingerprint density at radius 1 is 1.05 bits per heavy atom. The summed E-state index contributed by atoms with van der Waals surface area (Å²) in [5.74, 6) is 0.644. The number of ether oxygens (including phenoxy) is 1. The molecule has 0 bridgehead atoms. The number of aromatic nitrogens is 1. The first-order valence-electron chi connectivity index (χ1n) is 7.43. The first kappa shape index (κ1) is 14.5. The molecule has 3 heteroatoms. The third-order valence-corrected chi connectivity index (χ3v) is 3.67. The topological polar surface area (TPSA) is 22.1 Å². The lowest BCUT2D eigenvalue weighted by Crippen LogP contribution is -1.97. The second kappa shape index (κ2) is 6.14. The van der Waals surface area contributed by atoms with E-state index in [0.717, 1.165) is 39.8 Å². The molecule has 112 valence electrons. The van der Waals surface area contributed by atoms with Crippen LogP contribution in [0, 0.1) is 12.7 Å². The molecule has 0 radical (unpaired) electrons. The molecule has 3 rings (SSSR count). The molecular formula is C19H18FNO. The molecular weight excluding hydrogens is 277 g/mol. The fraction of sp³-hybridized carbons (Fsp3) is 0.211. The number of hydrogen-bond donors (Lipinski definition) is 0. The minimum absolute atomic E-state index is 0.211. The van der Waals surface area contributed by atoms with Gasteiger partial charge in [0.2, 0.25) is 0 Å². The van der Waals surface area contributed by atoms with Crippen molar-refractivity contribution < 1.29 is 9.13 Å². The minimum atomic E-state index is -0.211. The standard InChI is InChI=1S/C19H18FNO/c1-3-22-19-13(2)4-7-16-11-15(12-21-18(16)19)10-14-5-8-17(20)9-6-14/h4-9,11-12H,3,10H2,1-2H3. The normalized spacial score (nSPS) is 10.9. The Balaban J connectivity index is 1.96. The molecule has 0 aliphatic heterocycles. The van der Waals surface area contributed by atoms with Gasteiger partial charge in [-0.3, -0.25) is 4.98 Å². The Morgan fingerprint density at radius 3 is 2.55 bits per heavy atom. The Labute approximate surface area is 129 Å². The van der Waals surface area contributed by atoms with Gasteiger partial charge in [0.05, 0.1) is 6.61 Å². The second-order valence-corrected chi connectivity index (χ2v) is 5.36. The van der Waals surface area contributed by atoms with Crippen molar-refractivity contribution in [3.8, 4) is 5.75 Å². The lowest BCUT2D eigenvalue weighted by Gasteiger charge is -2.11. The lowest BCUT2D eigenvalue weighted by molar-refractivity contribution is 0.341. The number of hydrogen-bond acceptors (Lipinski definition) is 2. The van der Waals surface area contributed by atoms with Crippen LogP contribution < -0.4 is 4.74 Å². The van der Waals surface area contributed by atoms with Gasteiger partial charge in [0.25, 0.3) is 0 Å². The number of benzene rings is 2. The fourth-order valence-electron chi connectivity index (χ4n) is 2.58. The number of halogens is 1. The van der Waals surface area contributed by atoms with E-state index in [9.17, 15) is 4.39 Å². The molecule has 0 atom stereocenters. The van der Waals surface area contributed by atoms with Gasteiger partial charge in [-0.2, -0.15) is 0 Å². The van der Waals surface area contributed by atoms with Gasteiger partial charge in [-0.1, -0.05) is 24.3 Å². The molecule has 0 amide bonds. The van der Waals surface area contributed by atoms with E-state index in [0.29, 0.717) is 6.61 Å². The third kappa shape index (κ3) is 2.93. The lowest BCUT2D eigenvalue weighted by atomic mass is 10.0. The molecule has 22 heavy (non-hydrogen) atoms. The van der Waals surface area contributed by atoms with Crippen LogP contribution in [-0.4, -0.2) is 11.6 Å². The van der Waals surface area contributed by atoms with Crippen molar-refractivity contribution in [3.05, 3.63) is 71.2 Å². The van der Waals surface area contributed by atoms with Gasteiger partial charge >= 0.3 is 0 Å². The van der Waals surface area contributed by atoms with E-state index in [1.54, 1.807) is 12.1 Å². The van der Waals surface area contributed by atoms with E-state index < -0.39 is 0 Å². The van der Waals surface area contributed by atoms with Crippen molar-refractivity contribution in [2.24, 2.45) is 0 Å². The SMILES string of the molecule is CCOc1c(C)ccc2cc(Cc3ccc(F)cc3)cnc12. The van der Waals surface area contributed by atoms with Crippen LogP contribution in [0.25, 0.3) is 10.9 Å². The Hall–Kier alpha value is -2.42. The number of nitrogens with zero attached hydrogens (tertiary/aromatic N) is 1. The largest absolute Gasteiger partial charge is 0.491 e. The maximum absolute atomic E-state index is 13.0. The van der Waals surface area contributed by atoms with Crippen molar-refractivity contribution in [1.82, 2.24) is 4.98 Å². The van der Waals surface area contributed by atoms with Gasteiger partial charge in [-0.15, -0.1) is 0 Å². The van der Waals surface area contributed by atoms with Crippen LogP contribution in [0.4, 0.5) is 4.39 Å². The molecule has 0 saturated heterocycles. The maximum atomic E-state index is 13.0. The number of fused-ring (bicyclic) bond motifs is 1. The van der Waals surface area contributed by atoms with Gasteiger partial charge in [-0.05, 0) is 55.2 Å². The molecule has 0 aliphatic rings. The van der Waals surface area contributed by atoms with Crippen LogP contribution in [0.3, 0.4) is 0 Å². The highest BCUT2D eigenvalue weighted by atomic mass is 19.1. The average molecular weight is 295 g/mol. The predicted octanol–water partition coefficient (Wildman–Crippen LogP) is 4.67. The first-order valence-corrected chi connectivity index (χ1v) is 7.43. The average Bonchev–Trinajstić information content (AvgIpc) is 2.52. The van der Waals surface area contributed by atoms with Crippen LogP contribution >= 0.6 is 0 Å². The second-order valence-electron chi connectivity index (χ2n) is 5.36. The van der Waals surface area contributed by atoms with E-state index in [1.807, 2.05) is 20.0 Å². The summed E-state index contributed by atoms with van der Waals surface area (Å²) >= 11 is 0. The van der Waals surface area contributed by atoms with E-state index in [2.05, 4.69) is 23.2 Å². The Kier molecular flexibility index (Phi) is 4.05. The highest BCUT2D eigenvalue weighted by molar-refractivity contribution is 5.86. The van der Waals surface area contributed by atoms with Gasteiger partial charge in [0.15, 0.2) is 0 Å². The fourth-order valence-corrected chi connectivity index (χ4v) is 2.58. The number of pyridine rings is 1. The quantitative estimate of drug-likeness (QED) is 0.697. The minimum Gasteiger partial charge on any atom is -0.491 e. The highest BCUT2D eigenvalue weighted by Gasteiger charge is 2.08. The van der Waals surface area contributed by atoms with E-state index >= 15 is 0 Å². The third-order valence-electron chi connectivity index (χ3n) is 3.67. The maximum Gasteiger partial charge on any atom is 0.148 e. The molecule has 3 aromatic rings. The molecule has 2 nitrogen and oxygen atoms in total. The molecule has 0 spiro atoms. The Morgan fingerprint density at radius 2 is 1.82 bits per heavy atom. The summed E-state index contributed by atoms with van der Waals surface area (Å²) in [4.78, 5) is 4.58. The summed E-state index contributed by atoms with van der Waals surface area (Å²) in [5.41, 5.74) is 4.16. The number of aryl methyl sites for hydroxylation is 1. The molecule has 0 saturated carbocycles. The summed E-state index contributed by atoms with van der Waals surface area (Å²) in [6, 6.07) is 12.8. The zero-order valence-corrected chi connectivity index (χ0v) is 12.8. The molecule has 0 aliphatic carbocycles. The molecule has 1 aromatic heterocycles. The van der Waals surface area contributed by atoms with Crippen LogP contribution in [0.1, 0.15) is 23.6 Å². The van der Waals surface area contributed by atoms with Gasteiger partial charge in [-0.25, -0.2) is 4.39 Å². The van der Waals surface area contributed by atoms with E-state index in [1.165, 1.54) is 12.1 Å². The first-order chi connectivity index (χ1) is 10.7. The summed E-state index contributed by atoms with van der Waals surface area (Å²) < 4.78 is 18.7. The van der Waals surface area contributed by atoms with Crippen molar-refractivity contribution in [3.63, 3.8) is 0 Å². The van der Waals surface area contributed by atoms with E-state index in [4.69, 9.17) is 4.74 Å². The Bertz CT molecular complexity index is 796. The van der Waals surface area contributed by atoms with Crippen molar-refractivity contribution in [2.45, 2.75) is 20.3 Å². The summed E-state index contributed by atoms with van der Waals surface area (Å²) in [5, 5.41) is 1.06. The number of rotatable bonds is 4. The summed E-state index contributed by atoms with van der Waals surface area (Å²) in [6.45, 7) is 4.62. The van der Waals surface area contributed by atoms with Gasteiger partial charge in [0.1, 0.15) is 17.1 Å². The van der Waals surface area contributed by atoms with Gasteiger partial charge in [0, 0.05) is 11.6 Å². The zero-order chi connectivity index (χ0) is 15.5. The van der Waals surface area contributed by atoms with Crippen molar-refractivity contribution in [2.75, 3.05) is 6.61 Å². The molecule has 2 aromatic carbocycles. The predicted molar refractivity (Wildman–Crippen MR) is 86.9 cm³/mol. The van der Waals surface area contributed by atoms with Crippen LogP contribution in [0.15, 0.2) is 48.7 Å². The van der Waals surface area contributed by atoms with Crippen molar-refractivity contribution >= 4 is 10.9 Å². The van der Waals surface area contributed by atoms with Crippen LogP contribution in [0.5, 0.6) is 5.75 Å². The molecule has 0 fully saturated rings. The highest BCUT2D eigenvalue weighted by Crippen LogP contribution is 2.28. The smallest absolute Gasteiger partial charge is 0.148 e. The van der Waals surface area contributed by atoms with Crippen molar-refractivity contribution in [1.29, 1.82) is 0 Å². The van der Waals surface area contributed by atoms with Crippen LogP contribution in [0.2, 0.25) is 0 Å². The summed E-state index contributed by atoms with van der Waals surface area (Å²) in [7, 11) is 0.